The first-order valence-electron chi connectivity index (χ1n) is 10.7. The summed E-state index contributed by atoms with van der Waals surface area (Å²) in [5.41, 5.74) is 2.37. The van der Waals surface area contributed by atoms with Crippen LogP contribution in [0.5, 0.6) is 0 Å². The quantitative estimate of drug-likeness (QED) is 0.300. The van der Waals surface area contributed by atoms with E-state index in [1.165, 1.54) is 0 Å². The van der Waals surface area contributed by atoms with Gasteiger partial charge in [-0.25, -0.2) is 4.98 Å². The fraction of sp³-hybridized carbons (Fsp3) is 0.208. The summed E-state index contributed by atoms with van der Waals surface area (Å²) in [6.07, 6.45) is 2.28. The molecule has 34 heavy (non-hydrogen) atoms. The van der Waals surface area contributed by atoms with Crippen molar-refractivity contribution in [2.45, 2.75) is 26.8 Å². The van der Waals surface area contributed by atoms with E-state index in [9.17, 15) is 4.79 Å². The number of benzene rings is 1. The van der Waals surface area contributed by atoms with Crippen molar-refractivity contribution >= 4 is 28.6 Å². The number of nitrogens with zero attached hydrogens (tertiary/aromatic N) is 5. The highest BCUT2D eigenvalue weighted by atomic mass is 35.5. The molecule has 1 aromatic carbocycles. The van der Waals surface area contributed by atoms with Gasteiger partial charge in [-0.1, -0.05) is 35.8 Å². The lowest BCUT2D eigenvalue weighted by atomic mass is 10.1. The Morgan fingerprint density at radius 2 is 2.00 bits per heavy atom. The standard InChI is InChI=1S/C24H20ClN5O4/c1-3-10-30(13-20-27-28-22(33-20)15-7-4-5-8-17(15)25)24(31)16-12-18(19-9-6-11-32-19)26-23-21(16)14(2)29-34-23/h4-9,11-12H,3,10,13H2,1-2H3. The lowest BCUT2D eigenvalue weighted by molar-refractivity contribution is 0.0730. The van der Waals surface area contributed by atoms with Gasteiger partial charge in [0.15, 0.2) is 5.76 Å². The van der Waals surface area contributed by atoms with Crippen molar-refractivity contribution in [3.63, 3.8) is 0 Å². The molecule has 0 saturated carbocycles. The molecule has 172 valence electrons. The minimum atomic E-state index is -0.231. The molecule has 0 N–H and O–H groups in total. The smallest absolute Gasteiger partial charge is 0.259 e. The summed E-state index contributed by atoms with van der Waals surface area (Å²) in [5.74, 6) is 0.889. The lowest BCUT2D eigenvalue weighted by Gasteiger charge is -2.21. The van der Waals surface area contributed by atoms with Crippen LogP contribution in [0, 0.1) is 6.92 Å². The van der Waals surface area contributed by atoms with E-state index in [4.69, 9.17) is 25.0 Å². The molecule has 0 aliphatic heterocycles. The molecule has 0 unspecified atom stereocenters. The van der Waals surface area contributed by atoms with Crippen molar-refractivity contribution in [3.8, 4) is 22.9 Å². The number of aromatic nitrogens is 4. The van der Waals surface area contributed by atoms with Gasteiger partial charge in [0.05, 0.1) is 40.0 Å². The number of amides is 1. The maximum absolute atomic E-state index is 13.7. The number of hydrogen-bond donors (Lipinski definition) is 0. The second-order valence-electron chi connectivity index (χ2n) is 7.69. The van der Waals surface area contributed by atoms with E-state index < -0.39 is 0 Å². The minimum Gasteiger partial charge on any atom is -0.463 e. The van der Waals surface area contributed by atoms with E-state index in [-0.39, 0.29) is 18.2 Å². The molecule has 0 saturated heterocycles. The number of hydrogen-bond acceptors (Lipinski definition) is 8. The van der Waals surface area contributed by atoms with Gasteiger partial charge >= 0.3 is 0 Å². The average molecular weight is 478 g/mol. The molecule has 5 rings (SSSR count). The van der Waals surface area contributed by atoms with Crippen LogP contribution in [0.4, 0.5) is 0 Å². The van der Waals surface area contributed by atoms with Crippen molar-refractivity contribution in [2.24, 2.45) is 0 Å². The first-order chi connectivity index (χ1) is 16.5. The Morgan fingerprint density at radius 1 is 1.15 bits per heavy atom. The Kier molecular flexibility index (Phi) is 5.85. The number of carbonyl (C=O) groups excluding carboxylic acids is 1. The summed E-state index contributed by atoms with van der Waals surface area (Å²) in [7, 11) is 0. The molecular weight excluding hydrogens is 458 g/mol. The Bertz CT molecular complexity index is 1460. The predicted octanol–water partition coefficient (Wildman–Crippen LogP) is 5.55. The Morgan fingerprint density at radius 3 is 2.76 bits per heavy atom. The molecule has 1 amide bonds. The van der Waals surface area contributed by atoms with Crippen LogP contribution in [0.3, 0.4) is 0 Å². The molecule has 0 spiro atoms. The normalized spacial score (nSPS) is 11.3. The number of halogens is 1. The first kappa shape index (κ1) is 21.8. The molecule has 5 aromatic rings. The van der Waals surface area contributed by atoms with Gasteiger partial charge < -0.3 is 18.3 Å². The van der Waals surface area contributed by atoms with Gasteiger partial charge in [-0.15, -0.1) is 10.2 Å². The SMILES string of the molecule is CCCN(Cc1nnc(-c2ccccc2Cl)o1)C(=O)c1cc(-c2ccco2)nc2onc(C)c12. The molecule has 10 heteroatoms. The first-order valence-corrected chi connectivity index (χ1v) is 11.1. The van der Waals surface area contributed by atoms with E-state index in [0.29, 0.717) is 57.0 Å². The molecule has 9 nitrogen and oxygen atoms in total. The molecule has 0 bridgehead atoms. The molecule has 4 aromatic heterocycles. The summed E-state index contributed by atoms with van der Waals surface area (Å²) in [6.45, 7) is 4.38. The summed E-state index contributed by atoms with van der Waals surface area (Å²) >= 11 is 6.25. The number of fused-ring (bicyclic) bond motifs is 1. The zero-order valence-electron chi connectivity index (χ0n) is 18.5. The molecule has 0 fully saturated rings. The summed E-state index contributed by atoms with van der Waals surface area (Å²) in [5, 5.41) is 13.3. The van der Waals surface area contributed by atoms with Crippen molar-refractivity contribution < 1.29 is 18.2 Å². The monoisotopic (exact) mass is 477 g/mol. The second kappa shape index (κ2) is 9.11. The Hall–Kier alpha value is -3.98. The van der Waals surface area contributed by atoms with Crippen LogP contribution in [0.25, 0.3) is 34.0 Å². The minimum absolute atomic E-state index is 0.133. The van der Waals surface area contributed by atoms with Gasteiger partial charge in [-0.05, 0) is 43.7 Å². The molecular formula is C24H20ClN5O4. The summed E-state index contributed by atoms with van der Waals surface area (Å²) in [4.78, 5) is 19.9. The lowest BCUT2D eigenvalue weighted by Crippen LogP contribution is -2.31. The fourth-order valence-electron chi connectivity index (χ4n) is 3.73. The predicted molar refractivity (Wildman–Crippen MR) is 124 cm³/mol. The Balaban J connectivity index is 1.50. The fourth-order valence-corrected chi connectivity index (χ4v) is 3.95. The number of carbonyl (C=O) groups is 1. The molecule has 0 radical (unpaired) electrons. The van der Waals surface area contributed by atoms with Gasteiger partial charge in [0.2, 0.25) is 11.8 Å². The maximum Gasteiger partial charge on any atom is 0.259 e. The van der Waals surface area contributed by atoms with Crippen LogP contribution in [-0.2, 0) is 6.54 Å². The van der Waals surface area contributed by atoms with Crippen LogP contribution in [0.1, 0.15) is 35.3 Å². The zero-order chi connectivity index (χ0) is 23.7. The zero-order valence-corrected chi connectivity index (χ0v) is 19.2. The molecule has 0 aliphatic rings. The van der Waals surface area contributed by atoms with E-state index in [0.717, 1.165) is 6.42 Å². The van der Waals surface area contributed by atoms with E-state index in [1.54, 1.807) is 48.4 Å². The third-order valence-electron chi connectivity index (χ3n) is 5.30. The van der Waals surface area contributed by atoms with Crippen molar-refractivity contribution in [1.29, 1.82) is 0 Å². The number of pyridine rings is 1. The molecule has 0 atom stereocenters. The second-order valence-corrected chi connectivity index (χ2v) is 8.10. The molecule has 4 heterocycles. The van der Waals surface area contributed by atoms with E-state index in [1.807, 2.05) is 19.1 Å². The van der Waals surface area contributed by atoms with Gasteiger partial charge in [0.1, 0.15) is 5.69 Å². The van der Waals surface area contributed by atoms with Gasteiger partial charge in [-0.2, -0.15) is 0 Å². The van der Waals surface area contributed by atoms with Gasteiger partial charge in [-0.3, -0.25) is 4.79 Å². The van der Waals surface area contributed by atoms with Gasteiger partial charge in [0.25, 0.3) is 11.6 Å². The number of aryl methyl sites for hydroxylation is 1. The third-order valence-corrected chi connectivity index (χ3v) is 5.63. The van der Waals surface area contributed by atoms with Crippen molar-refractivity contribution in [3.05, 3.63) is 70.9 Å². The van der Waals surface area contributed by atoms with Crippen molar-refractivity contribution in [2.75, 3.05) is 6.54 Å². The van der Waals surface area contributed by atoms with Crippen LogP contribution in [0.15, 0.2) is 62.1 Å². The highest BCUT2D eigenvalue weighted by molar-refractivity contribution is 6.33. The maximum atomic E-state index is 13.7. The van der Waals surface area contributed by atoms with Crippen LogP contribution in [-0.4, -0.2) is 37.7 Å². The number of rotatable bonds is 7. The topological polar surface area (TPSA) is 111 Å². The third kappa shape index (κ3) is 4.06. The largest absolute Gasteiger partial charge is 0.463 e. The number of furan rings is 1. The highest BCUT2D eigenvalue weighted by Crippen LogP contribution is 2.29. The highest BCUT2D eigenvalue weighted by Gasteiger charge is 2.25. The molecule has 0 aliphatic carbocycles. The van der Waals surface area contributed by atoms with E-state index in [2.05, 4.69) is 20.3 Å². The summed E-state index contributed by atoms with van der Waals surface area (Å²) in [6, 6.07) is 12.4. The van der Waals surface area contributed by atoms with Gasteiger partial charge in [0, 0.05) is 6.54 Å². The van der Waals surface area contributed by atoms with Crippen LogP contribution in [0.2, 0.25) is 5.02 Å². The Labute approximate surface area is 199 Å². The van der Waals surface area contributed by atoms with Crippen molar-refractivity contribution in [1.82, 2.24) is 25.2 Å². The summed E-state index contributed by atoms with van der Waals surface area (Å²) < 4.78 is 16.7. The van der Waals surface area contributed by atoms with Crippen LogP contribution >= 0.6 is 11.6 Å². The average Bonchev–Trinajstić information content (AvgIpc) is 3.60. The van der Waals surface area contributed by atoms with E-state index >= 15 is 0 Å². The van der Waals surface area contributed by atoms with Crippen LogP contribution < -0.4 is 0 Å².